The van der Waals surface area contributed by atoms with Crippen LogP contribution in [-0.2, 0) is 16.0 Å². The second-order valence-corrected chi connectivity index (χ2v) is 11.1. The molecular formula is C29H45N3O3S. The Balaban J connectivity index is 2.15. The quantitative estimate of drug-likeness (QED) is 0.256. The van der Waals surface area contributed by atoms with Gasteiger partial charge in [0.25, 0.3) is 5.91 Å². The van der Waals surface area contributed by atoms with Gasteiger partial charge in [-0.25, -0.2) is 4.98 Å². The number of nitrogens with one attached hydrogen (secondary N) is 2. The van der Waals surface area contributed by atoms with Crippen molar-refractivity contribution in [3.05, 3.63) is 51.5 Å². The smallest absolute Gasteiger partial charge is 0.270 e. The summed E-state index contributed by atoms with van der Waals surface area (Å²) in [4.78, 5) is 29.2. The predicted octanol–water partition coefficient (Wildman–Crippen LogP) is 5.90. The van der Waals surface area contributed by atoms with Gasteiger partial charge in [0.05, 0.1) is 0 Å². The molecule has 0 spiro atoms. The number of rotatable bonds is 17. The van der Waals surface area contributed by atoms with Crippen LogP contribution in [0.4, 0.5) is 0 Å². The van der Waals surface area contributed by atoms with E-state index in [0.29, 0.717) is 37.1 Å². The van der Waals surface area contributed by atoms with Gasteiger partial charge in [-0.15, -0.1) is 11.3 Å². The van der Waals surface area contributed by atoms with E-state index in [1.165, 1.54) is 16.9 Å². The molecule has 0 radical (unpaired) electrons. The first kappa shape index (κ1) is 30.1. The van der Waals surface area contributed by atoms with E-state index in [-0.39, 0.29) is 24.0 Å². The summed E-state index contributed by atoms with van der Waals surface area (Å²) in [7, 11) is 0. The molecule has 1 aromatic heterocycles. The Morgan fingerprint density at radius 3 is 2.44 bits per heavy atom. The molecule has 2 N–H and O–H groups in total. The zero-order valence-electron chi connectivity index (χ0n) is 22.9. The maximum atomic E-state index is 13.2. The molecule has 36 heavy (non-hydrogen) atoms. The van der Waals surface area contributed by atoms with Crippen molar-refractivity contribution in [2.45, 2.75) is 91.8 Å². The number of nitrogens with zero attached hydrogens (tertiary/aromatic N) is 1. The van der Waals surface area contributed by atoms with E-state index in [1.807, 2.05) is 12.3 Å². The first-order valence-electron chi connectivity index (χ1n) is 13.4. The van der Waals surface area contributed by atoms with E-state index in [2.05, 4.69) is 69.5 Å². The number of thiazole rings is 1. The van der Waals surface area contributed by atoms with Crippen molar-refractivity contribution < 1.29 is 14.3 Å². The molecule has 0 aliphatic heterocycles. The number of aryl methyl sites for hydroxylation is 1. The van der Waals surface area contributed by atoms with Crippen LogP contribution < -0.4 is 10.6 Å². The normalized spacial score (nSPS) is 14.9. The van der Waals surface area contributed by atoms with Gasteiger partial charge in [-0.05, 0) is 57.1 Å². The van der Waals surface area contributed by atoms with Crippen molar-refractivity contribution in [2.24, 2.45) is 11.8 Å². The van der Waals surface area contributed by atoms with Gasteiger partial charge in [0.2, 0.25) is 0 Å². The fourth-order valence-corrected chi connectivity index (χ4v) is 5.02. The number of carbonyl (C=O) groups is 2. The molecule has 1 amide bonds. The standard InChI is InChI=1S/C29H45N3O3S/c1-7-13-30-25(20(3)4)17-27(35-14-8-2)29-32-26(19-36-29)28(34)31-24(15-22(6)18-33)16-23-11-9-21(5)10-12-23/h9-12,18-20,22,24-25,27,30H,7-8,13-17H2,1-6H3,(H,31,34)/t22-,24?,25?,27?/m0/s1. The van der Waals surface area contributed by atoms with Crippen LogP contribution in [0.5, 0.6) is 0 Å². The lowest BCUT2D eigenvalue weighted by molar-refractivity contribution is -0.111. The molecule has 2 aromatic rings. The first-order chi connectivity index (χ1) is 17.3. The lowest BCUT2D eigenvalue weighted by Crippen LogP contribution is -2.38. The Morgan fingerprint density at radius 1 is 1.11 bits per heavy atom. The number of amides is 1. The number of hydrogen-bond acceptors (Lipinski definition) is 6. The maximum absolute atomic E-state index is 13.2. The molecule has 2 rings (SSSR count). The molecule has 200 valence electrons. The van der Waals surface area contributed by atoms with Crippen molar-refractivity contribution in [1.29, 1.82) is 0 Å². The van der Waals surface area contributed by atoms with Crippen molar-refractivity contribution >= 4 is 23.5 Å². The lowest BCUT2D eigenvalue weighted by Gasteiger charge is -2.26. The van der Waals surface area contributed by atoms with Crippen LogP contribution in [0.3, 0.4) is 0 Å². The van der Waals surface area contributed by atoms with Gasteiger partial charge < -0.3 is 20.2 Å². The summed E-state index contributed by atoms with van der Waals surface area (Å²) < 4.78 is 6.21. The van der Waals surface area contributed by atoms with Crippen LogP contribution in [0, 0.1) is 18.8 Å². The van der Waals surface area contributed by atoms with E-state index < -0.39 is 0 Å². The van der Waals surface area contributed by atoms with E-state index in [1.54, 1.807) is 0 Å². The summed E-state index contributed by atoms with van der Waals surface area (Å²) in [6.07, 6.45) is 4.88. The fraction of sp³-hybridized carbons (Fsp3) is 0.621. The van der Waals surface area contributed by atoms with Crippen LogP contribution in [0.25, 0.3) is 0 Å². The van der Waals surface area contributed by atoms with Gasteiger partial charge >= 0.3 is 0 Å². The number of aromatic nitrogens is 1. The Kier molecular flexibility index (Phi) is 13.3. The summed E-state index contributed by atoms with van der Waals surface area (Å²) in [5.41, 5.74) is 2.74. The zero-order valence-corrected chi connectivity index (χ0v) is 23.7. The van der Waals surface area contributed by atoms with Crippen LogP contribution in [-0.4, -0.2) is 42.4 Å². The van der Waals surface area contributed by atoms with Crippen LogP contribution in [0.1, 0.15) is 93.0 Å². The molecule has 7 heteroatoms. The summed E-state index contributed by atoms with van der Waals surface area (Å²) in [5, 5.41) is 9.44. The summed E-state index contributed by atoms with van der Waals surface area (Å²) in [5.74, 6) is 0.128. The Labute approximate surface area is 221 Å². The van der Waals surface area contributed by atoms with Crippen molar-refractivity contribution in [3.63, 3.8) is 0 Å². The predicted molar refractivity (Wildman–Crippen MR) is 149 cm³/mol. The molecule has 0 fully saturated rings. The largest absolute Gasteiger partial charge is 0.371 e. The molecule has 0 saturated heterocycles. The molecule has 4 atom stereocenters. The Morgan fingerprint density at radius 2 is 1.83 bits per heavy atom. The molecule has 0 aliphatic rings. The molecule has 0 bridgehead atoms. The number of aldehydes is 1. The van der Waals surface area contributed by atoms with Gasteiger partial charge in [-0.3, -0.25) is 4.79 Å². The highest BCUT2D eigenvalue weighted by Gasteiger charge is 2.25. The van der Waals surface area contributed by atoms with E-state index in [0.717, 1.165) is 42.7 Å². The van der Waals surface area contributed by atoms with Crippen molar-refractivity contribution in [2.75, 3.05) is 13.2 Å². The topological polar surface area (TPSA) is 80.3 Å². The monoisotopic (exact) mass is 515 g/mol. The van der Waals surface area contributed by atoms with Gasteiger partial charge in [0, 0.05) is 30.0 Å². The lowest BCUT2D eigenvalue weighted by atomic mass is 9.96. The number of carbonyl (C=O) groups excluding carboxylic acids is 2. The molecule has 0 aliphatic carbocycles. The maximum Gasteiger partial charge on any atom is 0.270 e. The van der Waals surface area contributed by atoms with Crippen LogP contribution in [0.2, 0.25) is 0 Å². The highest BCUT2D eigenvalue weighted by molar-refractivity contribution is 7.09. The van der Waals surface area contributed by atoms with E-state index in [9.17, 15) is 9.59 Å². The Bertz CT molecular complexity index is 913. The summed E-state index contributed by atoms with van der Waals surface area (Å²) in [6.45, 7) is 14.3. The zero-order chi connectivity index (χ0) is 26.5. The highest BCUT2D eigenvalue weighted by Crippen LogP contribution is 2.28. The molecular weight excluding hydrogens is 470 g/mol. The molecule has 3 unspecified atom stereocenters. The van der Waals surface area contributed by atoms with Gasteiger partial charge in [-0.1, -0.05) is 64.4 Å². The minimum atomic E-state index is -0.202. The van der Waals surface area contributed by atoms with Crippen molar-refractivity contribution in [3.8, 4) is 0 Å². The van der Waals surface area contributed by atoms with Gasteiger partial charge in [0.1, 0.15) is 23.1 Å². The van der Waals surface area contributed by atoms with Crippen LogP contribution >= 0.6 is 11.3 Å². The minimum absolute atomic E-state index is 0.137. The number of benzene rings is 1. The average molecular weight is 516 g/mol. The van der Waals surface area contributed by atoms with Gasteiger partial charge in [-0.2, -0.15) is 0 Å². The third-order valence-electron chi connectivity index (χ3n) is 6.31. The number of hydrogen-bond donors (Lipinski definition) is 2. The summed E-state index contributed by atoms with van der Waals surface area (Å²) in [6, 6.07) is 8.46. The van der Waals surface area contributed by atoms with E-state index in [4.69, 9.17) is 9.72 Å². The van der Waals surface area contributed by atoms with Crippen molar-refractivity contribution in [1.82, 2.24) is 15.6 Å². The Hall–Kier alpha value is -2.09. The van der Waals surface area contributed by atoms with Gasteiger partial charge in [0.15, 0.2) is 0 Å². The fourth-order valence-electron chi connectivity index (χ4n) is 4.16. The molecule has 0 saturated carbocycles. The SMILES string of the molecule is CCCNC(CC(OCCC)c1nc(C(=O)NC(Cc2ccc(C)cc2)C[C@H](C)C=O)cs1)C(C)C. The van der Waals surface area contributed by atoms with E-state index >= 15 is 0 Å². The summed E-state index contributed by atoms with van der Waals surface area (Å²) >= 11 is 1.48. The molecule has 1 heterocycles. The number of ether oxygens (including phenoxy) is 1. The van der Waals surface area contributed by atoms with Crippen LogP contribution in [0.15, 0.2) is 29.6 Å². The average Bonchev–Trinajstić information content (AvgIpc) is 3.35. The second kappa shape index (κ2) is 15.9. The first-order valence-corrected chi connectivity index (χ1v) is 14.3. The minimum Gasteiger partial charge on any atom is -0.371 e. The highest BCUT2D eigenvalue weighted by atomic mass is 32.1. The molecule has 1 aromatic carbocycles. The third kappa shape index (κ3) is 10.1. The second-order valence-electron chi connectivity index (χ2n) is 10.2. The third-order valence-corrected chi connectivity index (χ3v) is 7.25. The molecule has 6 nitrogen and oxygen atoms in total.